The highest BCUT2D eigenvalue weighted by atomic mass is 32.2. The van der Waals surface area contributed by atoms with Gasteiger partial charge in [-0.15, -0.1) is 10.2 Å². The number of carbonyl (C=O) groups is 1. The van der Waals surface area contributed by atoms with Crippen LogP contribution in [0.25, 0.3) is 11.4 Å². The van der Waals surface area contributed by atoms with Crippen LogP contribution in [-0.2, 0) is 4.79 Å². The number of benzene rings is 1. The fourth-order valence-electron chi connectivity index (χ4n) is 4.40. The normalized spacial score (nSPS) is 17.3. The van der Waals surface area contributed by atoms with Crippen molar-refractivity contribution < 1.29 is 14.3 Å². The minimum absolute atomic E-state index is 0.198. The second-order valence-electron chi connectivity index (χ2n) is 7.91. The van der Waals surface area contributed by atoms with Crippen LogP contribution in [0.2, 0.25) is 0 Å². The molecule has 2 aliphatic rings. The standard InChI is InChI=1S/C22H30N4O3S/c1-28-18-11-10-16(14-19(18)29-2)21-23-24-22(26(21)17-8-4-3-5-9-17)30-15-20(27)25-12-6-7-13-25/h10-11,14,17H,3-9,12-13,15H2,1-2H3. The first-order valence-electron chi connectivity index (χ1n) is 10.8. The number of hydrogen-bond donors (Lipinski definition) is 0. The highest BCUT2D eigenvalue weighted by Gasteiger charge is 2.26. The van der Waals surface area contributed by atoms with Crippen LogP contribution in [0.3, 0.4) is 0 Å². The highest BCUT2D eigenvalue weighted by Crippen LogP contribution is 2.38. The summed E-state index contributed by atoms with van der Waals surface area (Å²) in [6.45, 7) is 1.76. The average molecular weight is 431 g/mol. The molecule has 0 radical (unpaired) electrons. The van der Waals surface area contributed by atoms with Gasteiger partial charge in [-0.1, -0.05) is 31.0 Å². The number of carbonyl (C=O) groups excluding carboxylic acids is 1. The Morgan fingerprint density at radius 2 is 1.77 bits per heavy atom. The van der Waals surface area contributed by atoms with Gasteiger partial charge in [-0.05, 0) is 43.9 Å². The summed E-state index contributed by atoms with van der Waals surface area (Å²) in [6.07, 6.45) is 8.16. The van der Waals surface area contributed by atoms with E-state index in [9.17, 15) is 4.79 Å². The van der Waals surface area contributed by atoms with Crippen LogP contribution in [0.4, 0.5) is 0 Å². The van der Waals surface area contributed by atoms with Crippen LogP contribution in [0, 0.1) is 0 Å². The molecule has 0 atom stereocenters. The SMILES string of the molecule is COc1ccc(-c2nnc(SCC(=O)N3CCCC3)n2C2CCCCC2)cc1OC. The third kappa shape index (κ3) is 4.43. The van der Waals surface area contributed by atoms with Crippen LogP contribution >= 0.6 is 11.8 Å². The molecular weight excluding hydrogens is 400 g/mol. The second kappa shape index (κ2) is 9.73. The van der Waals surface area contributed by atoms with Gasteiger partial charge in [0.05, 0.1) is 20.0 Å². The first kappa shape index (κ1) is 21.0. The van der Waals surface area contributed by atoms with Crippen molar-refractivity contribution in [3.05, 3.63) is 18.2 Å². The lowest BCUT2D eigenvalue weighted by atomic mass is 9.95. The lowest BCUT2D eigenvalue weighted by molar-refractivity contribution is -0.127. The van der Waals surface area contributed by atoms with E-state index < -0.39 is 0 Å². The number of amides is 1. The van der Waals surface area contributed by atoms with Crippen molar-refractivity contribution in [3.8, 4) is 22.9 Å². The Labute approximate surface area is 182 Å². The Morgan fingerprint density at radius 1 is 1.03 bits per heavy atom. The number of rotatable bonds is 7. The number of thioether (sulfide) groups is 1. The third-order valence-corrected chi connectivity index (χ3v) is 6.96. The molecule has 1 aliphatic heterocycles. The molecule has 162 valence electrons. The predicted molar refractivity (Wildman–Crippen MR) is 117 cm³/mol. The molecule has 1 aromatic heterocycles. The lowest BCUT2D eigenvalue weighted by Gasteiger charge is -2.26. The molecule has 4 rings (SSSR count). The Balaban J connectivity index is 1.62. The van der Waals surface area contributed by atoms with E-state index in [2.05, 4.69) is 14.8 Å². The van der Waals surface area contributed by atoms with Crippen molar-refractivity contribution in [2.24, 2.45) is 0 Å². The minimum Gasteiger partial charge on any atom is -0.493 e. The molecule has 0 N–H and O–H groups in total. The molecule has 0 bridgehead atoms. The topological polar surface area (TPSA) is 69.5 Å². The van der Waals surface area contributed by atoms with Gasteiger partial charge < -0.3 is 14.4 Å². The monoisotopic (exact) mass is 430 g/mol. The molecule has 0 spiro atoms. The number of aromatic nitrogens is 3. The van der Waals surface area contributed by atoms with Gasteiger partial charge in [-0.3, -0.25) is 9.36 Å². The van der Waals surface area contributed by atoms with E-state index in [-0.39, 0.29) is 5.91 Å². The largest absolute Gasteiger partial charge is 0.493 e. The first-order valence-corrected chi connectivity index (χ1v) is 11.8. The predicted octanol–water partition coefficient (Wildman–Crippen LogP) is 4.18. The molecule has 8 heteroatoms. The minimum atomic E-state index is 0.198. The van der Waals surface area contributed by atoms with Crippen molar-refractivity contribution in [2.45, 2.75) is 56.1 Å². The maximum absolute atomic E-state index is 12.6. The van der Waals surface area contributed by atoms with Crippen molar-refractivity contribution in [1.29, 1.82) is 0 Å². The van der Waals surface area contributed by atoms with Crippen molar-refractivity contribution >= 4 is 17.7 Å². The Bertz CT molecular complexity index is 873. The van der Waals surface area contributed by atoms with Gasteiger partial charge >= 0.3 is 0 Å². The van der Waals surface area contributed by atoms with Crippen LogP contribution in [0.1, 0.15) is 51.0 Å². The molecule has 1 amide bonds. The van der Waals surface area contributed by atoms with E-state index in [1.54, 1.807) is 14.2 Å². The van der Waals surface area contributed by atoms with Gasteiger partial charge in [-0.2, -0.15) is 0 Å². The summed E-state index contributed by atoms with van der Waals surface area (Å²) < 4.78 is 13.1. The molecule has 2 heterocycles. The van der Waals surface area contributed by atoms with Gasteiger partial charge in [0.15, 0.2) is 22.5 Å². The van der Waals surface area contributed by atoms with Crippen molar-refractivity contribution in [3.63, 3.8) is 0 Å². The van der Waals surface area contributed by atoms with Gasteiger partial charge in [0.25, 0.3) is 0 Å². The van der Waals surface area contributed by atoms with E-state index >= 15 is 0 Å². The quantitative estimate of drug-likeness (QED) is 0.614. The number of likely N-dealkylation sites (tertiary alicyclic amines) is 1. The van der Waals surface area contributed by atoms with E-state index in [0.29, 0.717) is 23.3 Å². The number of methoxy groups -OCH3 is 2. The molecule has 2 aromatic rings. The fraction of sp³-hybridized carbons (Fsp3) is 0.591. The number of ether oxygens (including phenoxy) is 2. The summed E-state index contributed by atoms with van der Waals surface area (Å²) >= 11 is 1.51. The van der Waals surface area contributed by atoms with Gasteiger partial charge in [-0.25, -0.2) is 0 Å². The van der Waals surface area contributed by atoms with Crippen molar-refractivity contribution in [2.75, 3.05) is 33.1 Å². The molecule has 7 nitrogen and oxygen atoms in total. The lowest BCUT2D eigenvalue weighted by Crippen LogP contribution is -2.29. The molecule has 1 saturated carbocycles. The molecule has 30 heavy (non-hydrogen) atoms. The molecule has 1 saturated heterocycles. The van der Waals surface area contributed by atoms with Crippen LogP contribution in [-0.4, -0.2) is 58.6 Å². The molecule has 1 aliphatic carbocycles. The fourth-order valence-corrected chi connectivity index (χ4v) is 5.31. The number of hydrogen-bond acceptors (Lipinski definition) is 6. The third-order valence-electron chi connectivity index (χ3n) is 6.03. The first-order chi connectivity index (χ1) is 14.7. The van der Waals surface area contributed by atoms with Crippen LogP contribution in [0.5, 0.6) is 11.5 Å². The zero-order valence-electron chi connectivity index (χ0n) is 17.8. The van der Waals surface area contributed by atoms with E-state index in [4.69, 9.17) is 9.47 Å². The Morgan fingerprint density at radius 3 is 2.47 bits per heavy atom. The molecule has 1 aromatic carbocycles. The zero-order valence-corrected chi connectivity index (χ0v) is 18.6. The maximum Gasteiger partial charge on any atom is 0.233 e. The summed E-state index contributed by atoms with van der Waals surface area (Å²) in [5.41, 5.74) is 0.948. The Kier molecular flexibility index (Phi) is 6.82. The summed E-state index contributed by atoms with van der Waals surface area (Å²) in [7, 11) is 3.27. The van der Waals surface area contributed by atoms with Gasteiger partial charge in [0.1, 0.15) is 0 Å². The van der Waals surface area contributed by atoms with E-state index in [1.807, 2.05) is 23.1 Å². The van der Waals surface area contributed by atoms with Crippen LogP contribution < -0.4 is 9.47 Å². The maximum atomic E-state index is 12.6. The summed E-state index contributed by atoms with van der Waals surface area (Å²) in [6, 6.07) is 6.21. The second-order valence-corrected chi connectivity index (χ2v) is 8.86. The van der Waals surface area contributed by atoms with Gasteiger partial charge in [0.2, 0.25) is 5.91 Å². The Hall–Kier alpha value is -2.22. The highest BCUT2D eigenvalue weighted by molar-refractivity contribution is 7.99. The smallest absolute Gasteiger partial charge is 0.233 e. The summed E-state index contributed by atoms with van der Waals surface area (Å²) in [4.78, 5) is 14.5. The number of nitrogens with zero attached hydrogens (tertiary/aromatic N) is 4. The van der Waals surface area contributed by atoms with E-state index in [1.165, 1.54) is 31.0 Å². The summed E-state index contributed by atoms with van der Waals surface area (Å²) in [5.74, 6) is 2.81. The molecule has 2 fully saturated rings. The van der Waals surface area contributed by atoms with E-state index in [0.717, 1.165) is 55.3 Å². The molecule has 0 unspecified atom stereocenters. The zero-order chi connectivity index (χ0) is 20.9. The van der Waals surface area contributed by atoms with Crippen LogP contribution in [0.15, 0.2) is 23.4 Å². The summed E-state index contributed by atoms with van der Waals surface area (Å²) in [5, 5.41) is 9.87. The average Bonchev–Trinajstić information content (AvgIpc) is 3.48. The molecular formula is C22H30N4O3S. The van der Waals surface area contributed by atoms with Gasteiger partial charge in [0, 0.05) is 24.7 Å². The van der Waals surface area contributed by atoms with Crippen molar-refractivity contribution in [1.82, 2.24) is 19.7 Å².